The van der Waals surface area contributed by atoms with E-state index in [2.05, 4.69) is 17.3 Å². The summed E-state index contributed by atoms with van der Waals surface area (Å²) in [6, 6.07) is 0.324. The van der Waals surface area contributed by atoms with Crippen LogP contribution in [0.1, 0.15) is 42.8 Å². The molecule has 2 saturated carbocycles. The molecule has 0 aliphatic heterocycles. The molecule has 17 heavy (non-hydrogen) atoms. The summed E-state index contributed by atoms with van der Waals surface area (Å²) in [5, 5.41) is 3.35. The first-order valence-corrected chi connectivity index (χ1v) is 7.75. The maximum Gasteiger partial charge on any atom is 0.0943 e. The van der Waals surface area contributed by atoms with Crippen molar-refractivity contribution >= 4 is 11.3 Å². The lowest BCUT2D eigenvalue weighted by molar-refractivity contribution is 0.294. The van der Waals surface area contributed by atoms with Crippen molar-refractivity contribution in [3.8, 4) is 0 Å². The van der Waals surface area contributed by atoms with Crippen LogP contribution in [0, 0.1) is 24.7 Å². The molecule has 0 radical (unpaired) electrons. The number of nitrogens with zero attached hydrogens (tertiary/aromatic N) is 1. The molecule has 2 fully saturated rings. The van der Waals surface area contributed by atoms with Gasteiger partial charge in [-0.15, -0.1) is 11.3 Å². The van der Waals surface area contributed by atoms with Crippen molar-refractivity contribution in [2.24, 2.45) is 23.5 Å². The van der Waals surface area contributed by atoms with Crippen molar-refractivity contribution in [1.82, 2.24) is 4.98 Å². The van der Waals surface area contributed by atoms with E-state index in [9.17, 15) is 0 Å². The first kappa shape index (κ1) is 11.7. The monoisotopic (exact) mass is 250 g/mol. The second kappa shape index (κ2) is 4.69. The molecule has 2 nitrogen and oxygen atoms in total. The Hall–Kier alpha value is -0.410. The fourth-order valence-electron chi connectivity index (χ4n) is 3.86. The topological polar surface area (TPSA) is 38.9 Å². The number of hydrogen-bond acceptors (Lipinski definition) is 3. The largest absolute Gasteiger partial charge is 0.327 e. The average Bonchev–Trinajstić information content (AvgIpc) is 2.95. The van der Waals surface area contributed by atoms with Crippen molar-refractivity contribution in [3.05, 3.63) is 16.1 Å². The SMILES string of the molecule is Cc1csc(CC(N)CC2CC3CCC2C3)n1. The molecule has 2 aliphatic carbocycles. The maximum absolute atomic E-state index is 6.29. The fourth-order valence-corrected chi connectivity index (χ4v) is 4.72. The lowest BCUT2D eigenvalue weighted by atomic mass is 9.84. The molecular weight excluding hydrogens is 228 g/mol. The Morgan fingerprint density at radius 2 is 2.35 bits per heavy atom. The van der Waals surface area contributed by atoms with E-state index in [-0.39, 0.29) is 0 Å². The highest BCUT2D eigenvalue weighted by atomic mass is 32.1. The van der Waals surface area contributed by atoms with Gasteiger partial charge in [0.15, 0.2) is 0 Å². The van der Waals surface area contributed by atoms with Gasteiger partial charge in [-0.1, -0.05) is 6.42 Å². The van der Waals surface area contributed by atoms with E-state index in [0.29, 0.717) is 6.04 Å². The Balaban J connectivity index is 1.52. The Labute approximate surface area is 108 Å². The molecular formula is C14H22N2S. The third-order valence-corrected chi connectivity index (χ3v) is 5.58. The quantitative estimate of drug-likeness (QED) is 0.891. The van der Waals surface area contributed by atoms with Gasteiger partial charge in [-0.25, -0.2) is 4.98 Å². The lowest BCUT2D eigenvalue weighted by Crippen LogP contribution is -2.28. The molecule has 2 bridgehead atoms. The Morgan fingerprint density at radius 3 is 2.94 bits per heavy atom. The highest BCUT2D eigenvalue weighted by molar-refractivity contribution is 7.09. The van der Waals surface area contributed by atoms with Gasteiger partial charge in [0.05, 0.1) is 5.01 Å². The number of fused-ring (bicyclic) bond motifs is 2. The summed E-state index contributed by atoms with van der Waals surface area (Å²) in [6.45, 7) is 2.06. The van der Waals surface area contributed by atoms with Crippen LogP contribution in [0.2, 0.25) is 0 Å². The summed E-state index contributed by atoms with van der Waals surface area (Å²) >= 11 is 1.76. The standard InChI is InChI=1S/C14H22N2S/c1-9-8-17-14(16-9)7-13(15)6-12-5-10-2-3-11(12)4-10/h8,10-13H,2-7,15H2,1H3. The van der Waals surface area contributed by atoms with E-state index < -0.39 is 0 Å². The molecule has 0 aromatic carbocycles. The predicted molar refractivity (Wildman–Crippen MR) is 72.1 cm³/mol. The van der Waals surface area contributed by atoms with Gasteiger partial charge >= 0.3 is 0 Å². The Bertz CT molecular complexity index is 387. The van der Waals surface area contributed by atoms with Gasteiger partial charge < -0.3 is 5.73 Å². The molecule has 3 heteroatoms. The Kier molecular flexibility index (Phi) is 3.22. The molecule has 2 aliphatic rings. The smallest absolute Gasteiger partial charge is 0.0943 e. The van der Waals surface area contributed by atoms with Gasteiger partial charge in [0.2, 0.25) is 0 Å². The van der Waals surface area contributed by atoms with Crippen LogP contribution in [0.5, 0.6) is 0 Å². The molecule has 4 atom stereocenters. The molecule has 0 amide bonds. The van der Waals surface area contributed by atoms with E-state index in [1.807, 2.05) is 0 Å². The number of rotatable bonds is 4. The third kappa shape index (κ3) is 2.55. The lowest BCUT2D eigenvalue weighted by Gasteiger charge is -2.24. The van der Waals surface area contributed by atoms with Crippen molar-refractivity contribution < 1.29 is 0 Å². The number of hydrogen-bond donors (Lipinski definition) is 1. The zero-order valence-electron chi connectivity index (χ0n) is 10.6. The minimum Gasteiger partial charge on any atom is -0.327 e. The summed E-state index contributed by atoms with van der Waals surface area (Å²) in [5.74, 6) is 2.97. The first-order chi connectivity index (χ1) is 8.20. The van der Waals surface area contributed by atoms with Crippen molar-refractivity contribution in [3.63, 3.8) is 0 Å². The van der Waals surface area contributed by atoms with E-state index in [1.165, 1.54) is 37.1 Å². The molecule has 2 N–H and O–H groups in total. The van der Waals surface area contributed by atoms with Crippen molar-refractivity contribution in [1.29, 1.82) is 0 Å². The van der Waals surface area contributed by atoms with Crippen LogP contribution in [0.3, 0.4) is 0 Å². The molecule has 4 unspecified atom stereocenters. The van der Waals surface area contributed by atoms with Crippen LogP contribution in [0.4, 0.5) is 0 Å². The molecule has 0 spiro atoms. The maximum atomic E-state index is 6.29. The minimum atomic E-state index is 0.324. The highest BCUT2D eigenvalue weighted by Crippen LogP contribution is 2.49. The number of thiazole rings is 1. The molecule has 3 rings (SSSR count). The molecule has 1 heterocycles. The molecule has 0 saturated heterocycles. The second-order valence-electron chi connectivity index (χ2n) is 6.02. The normalized spacial score (nSPS) is 33.2. The highest BCUT2D eigenvalue weighted by Gasteiger charge is 2.39. The predicted octanol–water partition coefficient (Wildman–Crippen LogP) is 3.15. The van der Waals surface area contributed by atoms with Crippen LogP contribution < -0.4 is 5.73 Å². The summed E-state index contributed by atoms with van der Waals surface area (Å²) in [7, 11) is 0. The zero-order chi connectivity index (χ0) is 11.8. The van der Waals surface area contributed by atoms with E-state index in [4.69, 9.17) is 5.73 Å². The van der Waals surface area contributed by atoms with Crippen LogP contribution in [0.25, 0.3) is 0 Å². The number of aromatic nitrogens is 1. The third-order valence-electron chi connectivity index (χ3n) is 4.59. The van der Waals surface area contributed by atoms with Crippen molar-refractivity contribution in [2.75, 3.05) is 0 Å². The van der Waals surface area contributed by atoms with E-state index in [0.717, 1.165) is 29.9 Å². The summed E-state index contributed by atoms with van der Waals surface area (Å²) in [6.07, 6.45) is 8.11. The number of aryl methyl sites for hydroxylation is 1. The van der Waals surface area contributed by atoms with Gasteiger partial charge in [-0.2, -0.15) is 0 Å². The first-order valence-electron chi connectivity index (χ1n) is 6.87. The van der Waals surface area contributed by atoms with Gasteiger partial charge in [0.25, 0.3) is 0 Å². The second-order valence-corrected chi connectivity index (χ2v) is 6.96. The molecule has 1 aromatic heterocycles. The molecule has 94 valence electrons. The summed E-state index contributed by atoms with van der Waals surface area (Å²) < 4.78 is 0. The van der Waals surface area contributed by atoms with Gasteiger partial charge in [-0.3, -0.25) is 0 Å². The van der Waals surface area contributed by atoms with Crippen LogP contribution in [-0.4, -0.2) is 11.0 Å². The van der Waals surface area contributed by atoms with E-state index in [1.54, 1.807) is 11.3 Å². The number of nitrogens with two attached hydrogens (primary N) is 1. The average molecular weight is 250 g/mol. The minimum absolute atomic E-state index is 0.324. The van der Waals surface area contributed by atoms with Gasteiger partial charge in [-0.05, 0) is 50.4 Å². The van der Waals surface area contributed by atoms with Crippen LogP contribution in [0.15, 0.2) is 5.38 Å². The van der Waals surface area contributed by atoms with E-state index >= 15 is 0 Å². The summed E-state index contributed by atoms with van der Waals surface area (Å²) in [5.41, 5.74) is 7.43. The van der Waals surface area contributed by atoms with Gasteiger partial charge in [0.1, 0.15) is 0 Å². The summed E-state index contributed by atoms with van der Waals surface area (Å²) in [4.78, 5) is 4.51. The van der Waals surface area contributed by atoms with Gasteiger partial charge in [0, 0.05) is 23.5 Å². The molecule has 1 aromatic rings. The van der Waals surface area contributed by atoms with Crippen LogP contribution >= 0.6 is 11.3 Å². The van der Waals surface area contributed by atoms with Crippen LogP contribution in [-0.2, 0) is 6.42 Å². The zero-order valence-corrected chi connectivity index (χ0v) is 11.4. The van der Waals surface area contributed by atoms with Crippen molar-refractivity contribution in [2.45, 2.75) is 51.5 Å². The fraction of sp³-hybridized carbons (Fsp3) is 0.786. The Morgan fingerprint density at radius 1 is 1.47 bits per heavy atom.